The lowest BCUT2D eigenvalue weighted by atomic mass is 10.2. The maximum absolute atomic E-state index is 5.03. The fourth-order valence-corrected chi connectivity index (χ4v) is 2.26. The van der Waals surface area contributed by atoms with Crippen molar-refractivity contribution < 1.29 is 4.74 Å². The number of aryl methyl sites for hydroxylation is 1. The Morgan fingerprint density at radius 1 is 1.50 bits per heavy atom. The highest BCUT2D eigenvalue weighted by atomic mass is 16.5. The molecule has 1 atom stereocenters. The van der Waals surface area contributed by atoms with Crippen LogP contribution in [-0.2, 0) is 11.2 Å². The Balaban J connectivity index is 1.76. The molecule has 1 aromatic heterocycles. The van der Waals surface area contributed by atoms with E-state index in [9.17, 15) is 0 Å². The van der Waals surface area contributed by atoms with Crippen molar-refractivity contribution in [3.05, 3.63) is 29.6 Å². The summed E-state index contributed by atoms with van der Waals surface area (Å²) in [6.07, 6.45) is 6.55. The van der Waals surface area contributed by atoms with E-state index in [0.29, 0.717) is 6.04 Å². The van der Waals surface area contributed by atoms with Gasteiger partial charge in [0.1, 0.15) is 0 Å². The summed E-state index contributed by atoms with van der Waals surface area (Å²) < 4.78 is 5.03. The summed E-state index contributed by atoms with van der Waals surface area (Å²) in [5.74, 6) is 0. The van der Waals surface area contributed by atoms with Crippen molar-refractivity contribution in [1.82, 2.24) is 10.3 Å². The summed E-state index contributed by atoms with van der Waals surface area (Å²) in [7, 11) is 1.75. The highest BCUT2D eigenvalue weighted by Gasteiger charge is 2.22. The van der Waals surface area contributed by atoms with Gasteiger partial charge in [-0.15, -0.1) is 0 Å². The van der Waals surface area contributed by atoms with Crippen LogP contribution in [-0.4, -0.2) is 25.2 Å². The van der Waals surface area contributed by atoms with Crippen LogP contribution in [0.2, 0.25) is 0 Å². The predicted octanol–water partition coefficient (Wildman–Crippen LogP) is 2.09. The molecule has 2 rings (SSSR count). The van der Waals surface area contributed by atoms with E-state index in [2.05, 4.69) is 16.4 Å². The SMILES string of the molecule is COCCCCNC1CCc2cccnc21. The molecule has 0 aliphatic heterocycles. The van der Waals surface area contributed by atoms with Gasteiger partial charge in [-0.05, 0) is 43.9 Å². The van der Waals surface area contributed by atoms with Crippen LogP contribution in [0.1, 0.15) is 36.6 Å². The lowest BCUT2D eigenvalue weighted by Crippen LogP contribution is -2.21. The van der Waals surface area contributed by atoms with Gasteiger partial charge in [0.05, 0.1) is 11.7 Å². The minimum absolute atomic E-state index is 0.471. The maximum atomic E-state index is 5.03. The van der Waals surface area contributed by atoms with Gasteiger partial charge in [-0.25, -0.2) is 0 Å². The van der Waals surface area contributed by atoms with Crippen molar-refractivity contribution in [1.29, 1.82) is 0 Å². The normalized spacial score (nSPS) is 18.7. The van der Waals surface area contributed by atoms with Gasteiger partial charge in [0.2, 0.25) is 0 Å². The molecule has 0 saturated heterocycles. The monoisotopic (exact) mass is 220 g/mol. The second-order valence-electron chi connectivity index (χ2n) is 4.29. The number of aromatic nitrogens is 1. The maximum Gasteiger partial charge on any atom is 0.0605 e. The number of methoxy groups -OCH3 is 1. The van der Waals surface area contributed by atoms with Gasteiger partial charge in [0.25, 0.3) is 0 Å². The number of nitrogens with zero attached hydrogens (tertiary/aromatic N) is 1. The van der Waals surface area contributed by atoms with Crippen molar-refractivity contribution in [3.8, 4) is 0 Å². The molecule has 1 aliphatic carbocycles. The number of hydrogen-bond donors (Lipinski definition) is 1. The summed E-state index contributed by atoms with van der Waals surface area (Å²) in [4.78, 5) is 4.47. The first-order valence-electron chi connectivity index (χ1n) is 6.08. The molecular weight excluding hydrogens is 200 g/mol. The van der Waals surface area contributed by atoms with Gasteiger partial charge < -0.3 is 10.1 Å². The first kappa shape index (κ1) is 11.6. The van der Waals surface area contributed by atoms with E-state index in [-0.39, 0.29) is 0 Å². The predicted molar refractivity (Wildman–Crippen MR) is 64.4 cm³/mol. The van der Waals surface area contributed by atoms with Crippen molar-refractivity contribution in [2.75, 3.05) is 20.3 Å². The van der Waals surface area contributed by atoms with E-state index in [1.54, 1.807) is 7.11 Å². The standard InChI is InChI=1S/C13H20N2O/c1-16-10-3-2-8-14-12-7-6-11-5-4-9-15-13(11)12/h4-5,9,12,14H,2-3,6-8,10H2,1H3. The molecule has 0 aromatic carbocycles. The quantitative estimate of drug-likeness (QED) is 0.745. The number of nitrogens with one attached hydrogen (secondary N) is 1. The average molecular weight is 220 g/mol. The van der Waals surface area contributed by atoms with Crippen LogP contribution in [0, 0.1) is 0 Å². The van der Waals surface area contributed by atoms with E-state index in [1.807, 2.05) is 12.3 Å². The first-order valence-corrected chi connectivity index (χ1v) is 6.08. The summed E-state index contributed by atoms with van der Waals surface area (Å²) in [5.41, 5.74) is 2.67. The third-order valence-corrected chi connectivity index (χ3v) is 3.12. The number of ether oxygens (including phenoxy) is 1. The highest BCUT2D eigenvalue weighted by Crippen LogP contribution is 2.28. The Morgan fingerprint density at radius 2 is 2.44 bits per heavy atom. The zero-order valence-corrected chi connectivity index (χ0v) is 9.91. The van der Waals surface area contributed by atoms with E-state index < -0.39 is 0 Å². The van der Waals surface area contributed by atoms with Crippen molar-refractivity contribution in [3.63, 3.8) is 0 Å². The molecule has 3 nitrogen and oxygen atoms in total. The van der Waals surface area contributed by atoms with Crippen molar-refractivity contribution in [2.24, 2.45) is 0 Å². The summed E-state index contributed by atoms with van der Waals surface area (Å²) in [6, 6.07) is 4.69. The molecule has 1 unspecified atom stereocenters. The van der Waals surface area contributed by atoms with Gasteiger partial charge in [0, 0.05) is 19.9 Å². The third-order valence-electron chi connectivity index (χ3n) is 3.12. The van der Waals surface area contributed by atoms with E-state index in [1.165, 1.54) is 30.5 Å². The van der Waals surface area contributed by atoms with Crippen molar-refractivity contribution in [2.45, 2.75) is 31.7 Å². The van der Waals surface area contributed by atoms with Crippen LogP contribution < -0.4 is 5.32 Å². The van der Waals surface area contributed by atoms with Crippen LogP contribution in [0.15, 0.2) is 18.3 Å². The zero-order chi connectivity index (χ0) is 11.2. The molecule has 0 spiro atoms. The van der Waals surface area contributed by atoms with E-state index in [4.69, 9.17) is 4.74 Å². The van der Waals surface area contributed by atoms with Crippen molar-refractivity contribution >= 4 is 0 Å². The number of fused-ring (bicyclic) bond motifs is 1. The van der Waals surface area contributed by atoms with E-state index >= 15 is 0 Å². The van der Waals surface area contributed by atoms with Gasteiger partial charge in [-0.1, -0.05) is 6.07 Å². The van der Waals surface area contributed by atoms with Crippen LogP contribution in [0.4, 0.5) is 0 Å². The molecule has 1 aromatic rings. The van der Waals surface area contributed by atoms with Crippen LogP contribution in [0.3, 0.4) is 0 Å². The molecule has 16 heavy (non-hydrogen) atoms. The molecule has 0 amide bonds. The molecule has 0 bridgehead atoms. The Bertz CT molecular complexity index is 327. The van der Waals surface area contributed by atoms with E-state index in [0.717, 1.165) is 19.6 Å². The molecule has 0 fully saturated rings. The molecule has 88 valence electrons. The minimum atomic E-state index is 0.471. The van der Waals surface area contributed by atoms with Gasteiger partial charge in [-0.3, -0.25) is 4.98 Å². The highest BCUT2D eigenvalue weighted by molar-refractivity contribution is 5.27. The number of pyridine rings is 1. The van der Waals surface area contributed by atoms with Gasteiger partial charge >= 0.3 is 0 Å². The number of rotatable bonds is 6. The molecule has 0 saturated carbocycles. The Labute approximate surface area is 97.2 Å². The molecule has 1 N–H and O–H groups in total. The third kappa shape index (κ3) is 2.80. The molecular formula is C13H20N2O. The molecule has 3 heteroatoms. The first-order chi connectivity index (χ1) is 7.92. The Kier molecular flexibility index (Phi) is 4.31. The fourth-order valence-electron chi connectivity index (χ4n) is 2.26. The summed E-state index contributed by atoms with van der Waals surface area (Å²) in [6.45, 7) is 1.92. The lowest BCUT2D eigenvalue weighted by molar-refractivity contribution is 0.192. The van der Waals surface area contributed by atoms with Gasteiger partial charge in [-0.2, -0.15) is 0 Å². The summed E-state index contributed by atoms with van der Waals surface area (Å²) >= 11 is 0. The Morgan fingerprint density at radius 3 is 3.31 bits per heavy atom. The summed E-state index contributed by atoms with van der Waals surface area (Å²) in [5, 5.41) is 3.58. The Hall–Kier alpha value is -0.930. The zero-order valence-electron chi connectivity index (χ0n) is 9.91. The van der Waals surface area contributed by atoms with Crippen LogP contribution >= 0.6 is 0 Å². The lowest BCUT2D eigenvalue weighted by Gasteiger charge is -2.12. The van der Waals surface area contributed by atoms with Crippen LogP contribution in [0.5, 0.6) is 0 Å². The second-order valence-corrected chi connectivity index (χ2v) is 4.29. The number of unbranched alkanes of at least 4 members (excludes halogenated alkanes) is 1. The topological polar surface area (TPSA) is 34.1 Å². The molecule has 1 aliphatic rings. The van der Waals surface area contributed by atoms with Gasteiger partial charge in [0.15, 0.2) is 0 Å². The number of hydrogen-bond acceptors (Lipinski definition) is 3. The molecule has 0 radical (unpaired) electrons. The smallest absolute Gasteiger partial charge is 0.0605 e. The molecule has 1 heterocycles. The minimum Gasteiger partial charge on any atom is -0.385 e. The average Bonchev–Trinajstić information content (AvgIpc) is 2.73. The largest absolute Gasteiger partial charge is 0.385 e. The fraction of sp³-hybridized carbons (Fsp3) is 0.615. The second kappa shape index (κ2) is 5.97. The van der Waals surface area contributed by atoms with Crippen LogP contribution in [0.25, 0.3) is 0 Å².